The van der Waals surface area contributed by atoms with Crippen molar-refractivity contribution in [2.24, 2.45) is 5.73 Å². The molecule has 0 fully saturated rings. The van der Waals surface area contributed by atoms with E-state index in [-0.39, 0.29) is 13.2 Å². The predicted molar refractivity (Wildman–Crippen MR) is 53.6 cm³/mol. The molecule has 72 valence electrons. The van der Waals surface area contributed by atoms with Crippen molar-refractivity contribution in [3.63, 3.8) is 0 Å². The summed E-state index contributed by atoms with van der Waals surface area (Å²) in [5.41, 5.74) is 5.10. The number of benzene rings is 1. The number of hydrogen-bond donors (Lipinski definition) is 1. The fourth-order valence-electron chi connectivity index (χ4n) is 0.811. The van der Waals surface area contributed by atoms with Crippen molar-refractivity contribution in [1.29, 1.82) is 0 Å². The van der Waals surface area contributed by atoms with E-state index in [1.54, 1.807) is 12.1 Å². The Labute approximate surface area is 85.0 Å². The molecule has 0 saturated heterocycles. The zero-order valence-electron chi connectivity index (χ0n) is 7.04. The van der Waals surface area contributed by atoms with Crippen LogP contribution in [-0.4, -0.2) is 19.3 Å². The van der Waals surface area contributed by atoms with E-state index in [4.69, 9.17) is 10.5 Å². The Kier molecular flexibility index (Phi) is 4.18. The molecule has 4 heteroatoms. The Bertz CT molecular complexity index is 270. The zero-order chi connectivity index (χ0) is 9.68. The van der Waals surface area contributed by atoms with E-state index in [1.807, 2.05) is 12.1 Å². The van der Waals surface area contributed by atoms with E-state index in [2.05, 4.69) is 15.9 Å². The first-order valence-electron chi connectivity index (χ1n) is 3.95. The molecule has 0 spiro atoms. The van der Waals surface area contributed by atoms with Crippen LogP contribution in [0.5, 0.6) is 5.75 Å². The van der Waals surface area contributed by atoms with E-state index in [0.29, 0.717) is 5.75 Å². The van der Waals surface area contributed by atoms with Crippen LogP contribution >= 0.6 is 15.9 Å². The molecule has 1 aromatic carbocycles. The Morgan fingerprint density at radius 3 is 2.92 bits per heavy atom. The number of rotatable bonds is 4. The molecule has 0 heterocycles. The molecule has 0 aliphatic heterocycles. The number of ether oxygens (including phenoxy) is 1. The summed E-state index contributed by atoms with van der Waals surface area (Å²) in [6, 6.07) is 7.26. The molecule has 13 heavy (non-hydrogen) atoms. The van der Waals surface area contributed by atoms with Crippen molar-refractivity contribution in [3.8, 4) is 5.75 Å². The maximum Gasteiger partial charge on any atom is 0.146 e. The molecule has 2 N–H and O–H groups in total. The first kappa shape index (κ1) is 10.5. The monoisotopic (exact) mass is 247 g/mol. The summed E-state index contributed by atoms with van der Waals surface area (Å²) in [6.07, 6.45) is -1.10. The summed E-state index contributed by atoms with van der Waals surface area (Å²) in [5.74, 6) is 0.644. The highest BCUT2D eigenvalue weighted by Gasteiger charge is 2.03. The lowest BCUT2D eigenvalue weighted by atomic mass is 10.3. The van der Waals surface area contributed by atoms with Crippen LogP contribution in [0.15, 0.2) is 28.7 Å². The minimum atomic E-state index is -1.10. The highest BCUT2D eigenvalue weighted by Crippen LogP contribution is 2.17. The molecular formula is C9H11BrFNO. The second kappa shape index (κ2) is 5.19. The maximum absolute atomic E-state index is 12.7. The molecule has 0 aliphatic rings. The van der Waals surface area contributed by atoms with E-state index >= 15 is 0 Å². The first-order chi connectivity index (χ1) is 6.22. The normalized spacial score (nSPS) is 12.5. The van der Waals surface area contributed by atoms with Crippen molar-refractivity contribution in [3.05, 3.63) is 28.7 Å². The average Bonchev–Trinajstić information content (AvgIpc) is 2.14. The van der Waals surface area contributed by atoms with Gasteiger partial charge in [0.2, 0.25) is 0 Å². The van der Waals surface area contributed by atoms with Crippen LogP contribution in [0.4, 0.5) is 4.39 Å². The molecule has 0 aromatic heterocycles. The minimum absolute atomic E-state index is 0.00595. The Morgan fingerprint density at radius 2 is 2.31 bits per heavy atom. The fraction of sp³-hybridized carbons (Fsp3) is 0.333. The smallest absolute Gasteiger partial charge is 0.146 e. The third kappa shape index (κ3) is 3.74. The van der Waals surface area contributed by atoms with Crippen LogP contribution in [0, 0.1) is 0 Å². The fourth-order valence-corrected chi connectivity index (χ4v) is 1.19. The van der Waals surface area contributed by atoms with Gasteiger partial charge in [-0.15, -0.1) is 0 Å². The Hall–Kier alpha value is -0.610. The van der Waals surface area contributed by atoms with Crippen LogP contribution in [0.25, 0.3) is 0 Å². The van der Waals surface area contributed by atoms with Crippen molar-refractivity contribution in [1.82, 2.24) is 0 Å². The van der Waals surface area contributed by atoms with Crippen LogP contribution in [0.1, 0.15) is 0 Å². The summed E-state index contributed by atoms with van der Waals surface area (Å²) < 4.78 is 18.7. The highest BCUT2D eigenvalue weighted by molar-refractivity contribution is 9.10. The molecule has 0 aliphatic carbocycles. The van der Waals surface area contributed by atoms with Crippen molar-refractivity contribution < 1.29 is 9.13 Å². The zero-order valence-corrected chi connectivity index (χ0v) is 8.63. The standard InChI is InChI=1S/C9H11BrFNO/c10-7-2-1-3-9(4-7)13-6-8(11)5-12/h1-4,8H,5-6,12H2. The molecule has 1 atom stereocenters. The molecule has 0 saturated carbocycles. The third-order valence-corrected chi connectivity index (χ3v) is 1.98. The Morgan fingerprint density at radius 1 is 1.54 bits per heavy atom. The minimum Gasteiger partial charge on any atom is -0.490 e. The van der Waals surface area contributed by atoms with Crippen LogP contribution in [-0.2, 0) is 0 Å². The molecule has 1 rings (SSSR count). The summed E-state index contributed by atoms with van der Waals surface area (Å²) in [5, 5.41) is 0. The van der Waals surface area contributed by atoms with Gasteiger partial charge < -0.3 is 10.5 Å². The van der Waals surface area contributed by atoms with Crippen LogP contribution in [0.2, 0.25) is 0 Å². The van der Waals surface area contributed by atoms with E-state index in [1.165, 1.54) is 0 Å². The van der Waals surface area contributed by atoms with Gasteiger partial charge in [0.25, 0.3) is 0 Å². The van der Waals surface area contributed by atoms with E-state index in [0.717, 1.165) is 4.47 Å². The van der Waals surface area contributed by atoms with Gasteiger partial charge in [-0.05, 0) is 18.2 Å². The van der Waals surface area contributed by atoms with Gasteiger partial charge in [-0.25, -0.2) is 4.39 Å². The summed E-state index contributed by atoms with van der Waals surface area (Å²) in [6.45, 7) is 0.000949. The first-order valence-corrected chi connectivity index (χ1v) is 4.74. The van der Waals surface area contributed by atoms with E-state index in [9.17, 15) is 4.39 Å². The van der Waals surface area contributed by atoms with Crippen LogP contribution in [0.3, 0.4) is 0 Å². The third-order valence-electron chi connectivity index (χ3n) is 1.48. The Balaban J connectivity index is 2.45. The second-order valence-corrected chi connectivity index (χ2v) is 3.52. The van der Waals surface area contributed by atoms with Gasteiger partial charge in [-0.1, -0.05) is 22.0 Å². The number of halogens is 2. The number of alkyl halides is 1. The molecule has 2 nitrogen and oxygen atoms in total. The summed E-state index contributed by atoms with van der Waals surface area (Å²) in [4.78, 5) is 0. The lowest BCUT2D eigenvalue weighted by Gasteiger charge is -2.08. The van der Waals surface area contributed by atoms with Crippen molar-refractivity contribution in [2.75, 3.05) is 13.2 Å². The molecule has 1 unspecified atom stereocenters. The molecular weight excluding hydrogens is 237 g/mol. The summed E-state index contributed by atoms with van der Waals surface area (Å²) >= 11 is 3.29. The quantitative estimate of drug-likeness (QED) is 0.885. The van der Waals surface area contributed by atoms with Gasteiger partial charge >= 0.3 is 0 Å². The van der Waals surface area contributed by atoms with Crippen LogP contribution < -0.4 is 10.5 Å². The summed E-state index contributed by atoms with van der Waals surface area (Å²) in [7, 11) is 0. The lowest BCUT2D eigenvalue weighted by molar-refractivity contribution is 0.201. The van der Waals surface area contributed by atoms with Gasteiger partial charge in [0.1, 0.15) is 18.5 Å². The van der Waals surface area contributed by atoms with Gasteiger partial charge in [0.05, 0.1) is 0 Å². The lowest BCUT2D eigenvalue weighted by Crippen LogP contribution is -2.22. The predicted octanol–water partition coefficient (Wildman–Crippen LogP) is 2.12. The van der Waals surface area contributed by atoms with Gasteiger partial charge in [0.15, 0.2) is 0 Å². The molecule has 1 aromatic rings. The van der Waals surface area contributed by atoms with E-state index < -0.39 is 6.17 Å². The average molecular weight is 248 g/mol. The molecule has 0 radical (unpaired) electrons. The SMILES string of the molecule is NCC(F)COc1cccc(Br)c1. The molecule has 0 bridgehead atoms. The highest BCUT2D eigenvalue weighted by atomic mass is 79.9. The van der Waals surface area contributed by atoms with Crippen molar-refractivity contribution in [2.45, 2.75) is 6.17 Å². The van der Waals surface area contributed by atoms with Crippen molar-refractivity contribution >= 4 is 15.9 Å². The molecule has 0 amide bonds. The number of hydrogen-bond acceptors (Lipinski definition) is 2. The van der Waals surface area contributed by atoms with Gasteiger partial charge in [-0.3, -0.25) is 0 Å². The number of nitrogens with two attached hydrogens (primary N) is 1. The largest absolute Gasteiger partial charge is 0.490 e. The topological polar surface area (TPSA) is 35.2 Å². The van der Waals surface area contributed by atoms with Gasteiger partial charge in [-0.2, -0.15) is 0 Å². The van der Waals surface area contributed by atoms with Gasteiger partial charge in [0, 0.05) is 11.0 Å². The maximum atomic E-state index is 12.7. The second-order valence-electron chi connectivity index (χ2n) is 2.60.